The van der Waals surface area contributed by atoms with Gasteiger partial charge in [-0.15, -0.1) is 0 Å². The summed E-state index contributed by atoms with van der Waals surface area (Å²) in [5, 5.41) is 3.22. The Morgan fingerprint density at radius 1 is 1.25 bits per heavy atom. The van der Waals surface area contributed by atoms with Gasteiger partial charge in [-0.05, 0) is 44.7 Å². The molecule has 1 saturated heterocycles. The Labute approximate surface area is 171 Å². The van der Waals surface area contributed by atoms with Crippen molar-refractivity contribution in [3.05, 3.63) is 34.7 Å². The Bertz CT molecular complexity index is 662. The molecule has 3 nitrogen and oxygen atoms in total. The summed E-state index contributed by atoms with van der Waals surface area (Å²) in [6.07, 6.45) is 8.63. The molecular weight excluding hydrogens is 392 g/mol. The number of amides is 1. The zero-order valence-electron chi connectivity index (χ0n) is 15.0. The third-order valence-electron chi connectivity index (χ3n) is 5.97. The topological polar surface area (TPSA) is 33.5 Å². The van der Waals surface area contributed by atoms with Crippen LogP contribution in [0.15, 0.2) is 12.1 Å². The maximum absolute atomic E-state index is 13.2. The number of hydrogen-bond donors (Lipinski definition) is 1. The number of carbonyl (C=O) groups is 1. The van der Waals surface area contributed by atoms with E-state index < -0.39 is 7.26 Å². The molecule has 1 aromatic carbocycles. The molecule has 1 N–H and O–H groups in total. The second kappa shape index (κ2) is 7.53. The van der Waals surface area contributed by atoms with E-state index in [2.05, 4.69) is 17.1 Å². The quantitative estimate of drug-likeness (QED) is 0.532. The molecule has 5 heteroatoms. The monoisotopic (exact) mass is 418 g/mol. The van der Waals surface area contributed by atoms with E-state index in [9.17, 15) is 4.79 Å². The summed E-state index contributed by atoms with van der Waals surface area (Å²) in [4.78, 5) is 16.7. The van der Waals surface area contributed by atoms with Gasteiger partial charge in [-0.2, -0.15) is 0 Å². The molecular formula is C19H26N2OPY+. The van der Waals surface area contributed by atoms with Crippen LogP contribution >= 0.6 is 7.26 Å². The first-order valence-electron chi connectivity index (χ1n) is 8.64. The molecule has 0 atom stereocenters. The Kier molecular flexibility index (Phi) is 6.28. The van der Waals surface area contributed by atoms with Gasteiger partial charge in [0.15, 0.2) is 10.8 Å². The number of hydrogen-bond acceptors (Lipinski definition) is 1. The third kappa shape index (κ3) is 3.23. The van der Waals surface area contributed by atoms with Crippen LogP contribution in [0.1, 0.15) is 43.7 Å². The minimum atomic E-state index is -1.12. The average Bonchev–Trinajstić information content (AvgIpc) is 3.22. The standard InChI is InChI=1S/C19H25N2OP.Y/c1-5-23(10-6-7-11-23)19(8-9-19)18(22)21-17-14(2)12-16(20-4)13-15(17)3;/h12-13H,5-11H2,1-3H3;/p+1. The Balaban J connectivity index is 0.00000208. The van der Waals surface area contributed by atoms with E-state index in [1.165, 1.54) is 31.3 Å². The minimum absolute atomic E-state index is 0. The molecule has 3 rings (SSSR count). The third-order valence-corrected chi connectivity index (χ3v) is 12.0. The molecule has 1 radical (unpaired) electrons. The molecule has 125 valence electrons. The van der Waals surface area contributed by atoms with E-state index in [4.69, 9.17) is 6.57 Å². The van der Waals surface area contributed by atoms with Gasteiger partial charge < -0.3 is 5.32 Å². The van der Waals surface area contributed by atoms with Crippen LogP contribution in [0.5, 0.6) is 0 Å². The number of aryl methyl sites for hydroxylation is 2. The molecule has 2 aliphatic rings. The van der Waals surface area contributed by atoms with Gasteiger partial charge in [0.1, 0.15) is 0 Å². The smallest absolute Gasteiger partial charge is 0.268 e. The molecule has 0 unspecified atom stereocenters. The molecule has 24 heavy (non-hydrogen) atoms. The fourth-order valence-electron chi connectivity index (χ4n) is 4.46. The molecule has 1 amide bonds. The molecule has 0 aromatic heterocycles. The van der Waals surface area contributed by atoms with E-state index in [0.29, 0.717) is 5.69 Å². The second-order valence-corrected chi connectivity index (χ2v) is 11.8. The van der Waals surface area contributed by atoms with Gasteiger partial charge in [0.25, 0.3) is 5.91 Å². The van der Waals surface area contributed by atoms with Gasteiger partial charge >= 0.3 is 0 Å². The van der Waals surface area contributed by atoms with Crippen LogP contribution in [0.3, 0.4) is 0 Å². The largest absolute Gasteiger partial charge is 0.322 e. The SMILES string of the molecule is [C-]#[N+]c1cc(C)c(NC(=O)C2([P+]3(CC)CCCC3)CC2)c(C)c1.[Y]. The first kappa shape index (κ1) is 20.0. The van der Waals surface area contributed by atoms with E-state index in [0.717, 1.165) is 29.7 Å². The van der Waals surface area contributed by atoms with E-state index >= 15 is 0 Å². The summed E-state index contributed by atoms with van der Waals surface area (Å²) in [5.41, 5.74) is 3.56. The molecule has 1 aromatic rings. The first-order chi connectivity index (χ1) is 11.0. The van der Waals surface area contributed by atoms with Crippen molar-refractivity contribution in [2.45, 2.75) is 51.6 Å². The summed E-state index contributed by atoms with van der Waals surface area (Å²) >= 11 is 0. The summed E-state index contributed by atoms with van der Waals surface area (Å²) in [5.74, 6) is 0.261. The molecule has 0 spiro atoms. The molecule has 0 bridgehead atoms. The van der Waals surface area contributed by atoms with E-state index in [-0.39, 0.29) is 43.8 Å². The number of benzene rings is 1. The van der Waals surface area contributed by atoms with Crippen molar-refractivity contribution in [3.63, 3.8) is 0 Å². The van der Waals surface area contributed by atoms with Gasteiger partial charge in [-0.25, -0.2) is 4.85 Å². The average molecular weight is 418 g/mol. The van der Waals surface area contributed by atoms with Crippen molar-refractivity contribution in [2.24, 2.45) is 0 Å². The van der Waals surface area contributed by atoms with Crippen molar-refractivity contribution in [3.8, 4) is 0 Å². The summed E-state index contributed by atoms with van der Waals surface area (Å²) < 4.78 is 0. The van der Waals surface area contributed by atoms with Crippen molar-refractivity contribution < 1.29 is 37.5 Å². The van der Waals surface area contributed by atoms with Crippen molar-refractivity contribution in [2.75, 3.05) is 23.8 Å². The Hall–Kier alpha value is -0.286. The van der Waals surface area contributed by atoms with Crippen molar-refractivity contribution >= 4 is 24.5 Å². The van der Waals surface area contributed by atoms with Crippen LogP contribution in [-0.4, -0.2) is 29.5 Å². The predicted molar refractivity (Wildman–Crippen MR) is 99.2 cm³/mol. The Morgan fingerprint density at radius 3 is 2.21 bits per heavy atom. The molecule has 1 aliphatic heterocycles. The van der Waals surface area contributed by atoms with Gasteiger partial charge in [-0.3, -0.25) is 4.79 Å². The van der Waals surface area contributed by atoms with Crippen LogP contribution in [-0.2, 0) is 37.5 Å². The number of anilines is 1. The van der Waals surface area contributed by atoms with Gasteiger partial charge in [0.2, 0.25) is 0 Å². The fourth-order valence-corrected chi connectivity index (χ4v) is 9.98. The summed E-state index contributed by atoms with van der Waals surface area (Å²) in [7, 11) is -1.12. The fraction of sp³-hybridized carbons (Fsp3) is 0.579. The van der Waals surface area contributed by atoms with Crippen molar-refractivity contribution in [1.82, 2.24) is 0 Å². The number of carbonyl (C=O) groups excluding carboxylic acids is 1. The summed E-state index contributed by atoms with van der Waals surface area (Å²) in [6.45, 7) is 13.4. The maximum atomic E-state index is 13.2. The minimum Gasteiger partial charge on any atom is -0.322 e. The molecule has 1 heterocycles. The van der Waals surface area contributed by atoms with Crippen LogP contribution in [0, 0.1) is 20.4 Å². The first-order valence-corrected chi connectivity index (χ1v) is 11.0. The molecule has 1 saturated carbocycles. The zero-order chi connectivity index (χ0) is 16.7. The van der Waals surface area contributed by atoms with Crippen LogP contribution in [0.25, 0.3) is 4.85 Å². The van der Waals surface area contributed by atoms with Crippen LogP contribution < -0.4 is 5.32 Å². The zero-order valence-corrected chi connectivity index (χ0v) is 18.7. The van der Waals surface area contributed by atoms with Crippen LogP contribution in [0.2, 0.25) is 0 Å². The van der Waals surface area contributed by atoms with Gasteiger partial charge in [0.05, 0.1) is 25.1 Å². The van der Waals surface area contributed by atoms with E-state index in [1.807, 2.05) is 26.0 Å². The predicted octanol–water partition coefficient (Wildman–Crippen LogP) is 5.15. The maximum Gasteiger partial charge on any atom is 0.268 e. The normalized spacial score (nSPS) is 19.9. The molecule has 1 aliphatic carbocycles. The number of rotatable bonds is 4. The number of nitrogens with zero attached hydrogens (tertiary/aromatic N) is 1. The van der Waals surface area contributed by atoms with E-state index in [1.54, 1.807) is 0 Å². The van der Waals surface area contributed by atoms with Gasteiger partial charge in [-0.1, -0.05) is 12.1 Å². The second-order valence-electron chi connectivity index (χ2n) is 7.17. The van der Waals surface area contributed by atoms with Gasteiger partial charge in [0, 0.05) is 58.5 Å². The molecule has 2 fully saturated rings. The van der Waals surface area contributed by atoms with Crippen LogP contribution in [0.4, 0.5) is 11.4 Å². The Morgan fingerprint density at radius 2 is 1.79 bits per heavy atom. The number of nitrogens with one attached hydrogen (secondary N) is 1. The van der Waals surface area contributed by atoms with Crippen molar-refractivity contribution in [1.29, 1.82) is 0 Å². The summed E-state index contributed by atoms with van der Waals surface area (Å²) in [6, 6.07) is 3.74.